The van der Waals surface area contributed by atoms with Crippen molar-refractivity contribution in [3.8, 4) is 23.2 Å². The van der Waals surface area contributed by atoms with Crippen LogP contribution in [-0.4, -0.2) is 38.3 Å². The van der Waals surface area contributed by atoms with Crippen LogP contribution in [0.1, 0.15) is 45.1 Å². The van der Waals surface area contributed by atoms with Gasteiger partial charge in [0.05, 0.1) is 17.3 Å². The lowest BCUT2D eigenvalue weighted by Crippen LogP contribution is -2.31. The van der Waals surface area contributed by atoms with Crippen molar-refractivity contribution < 1.29 is 14.0 Å². The molecule has 0 amide bonds. The number of nitriles is 1. The predicted molar refractivity (Wildman–Crippen MR) is 125 cm³/mol. The normalized spacial score (nSPS) is 18.8. The van der Waals surface area contributed by atoms with E-state index in [1.165, 1.54) is 12.4 Å². The number of fused-ring (bicyclic) bond motifs is 1. The second kappa shape index (κ2) is 10.1. The Hall–Kier alpha value is -3.58. The maximum atomic E-state index is 14.7. The van der Waals surface area contributed by atoms with E-state index >= 15 is 0 Å². The van der Waals surface area contributed by atoms with Crippen LogP contribution in [0.3, 0.4) is 0 Å². The molecule has 0 radical (unpaired) electrons. The molecule has 2 N–H and O–H groups in total. The van der Waals surface area contributed by atoms with Gasteiger partial charge in [0.2, 0.25) is 11.8 Å². The van der Waals surface area contributed by atoms with Crippen LogP contribution >= 0.6 is 0 Å². The van der Waals surface area contributed by atoms with Crippen molar-refractivity contribution in [1.82, 2.24) is 19.7 Å². The zero-order valence-electron chi connectivity index (χ0n) is 19.5. The molecule has 1 aliphatic carbocycles. The second-order valence-electron chi connectivity index (χ2n) is 8.94. The van der Waals surface area contributed by atoms with Gasteiger partial charge in [0, 0.05) is 25.1 Å². The number of nitrogens with two attached hydrogens (primary N) is 1. The fourth-order valence-corrected chi connectivity index (χ4v) is 4.26. The number of rotatable bonds is 6. The third-order valence-corrected chi connectivity index (χ3v) is 5.97. The number of hydrogen-bond acceptors (Lipinski definition) is 8. The molecule has 1 saturated carbocycles. The molecule has 0 saturated heterocycles. The Balaban J connectivity index is 1.53. The Morgan fingerprint density at radius 3 is 2.68 bits per heavy atom. The fraction of sp³-hybridized carbons (Fsp3) is 0.458. The number of benzene rings is 1. The lowest BCUT2D eigenvalue weighted by Gasteiger charge is -2.28. The number of halogens is 1. The van der Waals surface area contributed by atoms with E-state index in [-0.39, 0.29) is 17.6 Å². The highest BCUT2D eigenvalue weighted by molar-refractivity contribution is 5.92. The van der Waals surface area contributed by atoms with Gasteiger partial charge in [0.15, 0.2) is 5.52 Å². The Morgan fingerprint density at radius 2 is 2.03 bits per heavy atom. The first-order valence-corrected chi connectivity index (χ1v) is 11.4. The van der Waals surface area contributed by atoms with Crippen LogP contribution in [0.15, 0.2) is 29.5 Å². The smallest absolute Gasteiger partial charge is 0.245 e. The van der Waals surface area contributed by atoms with Crippen LogP contribution in [0.2, 0.25) is 0 Å². The molecule has 0 unspecified atom stereocenters. The first-order valence-electron chi connectivity index (χ1n) is 11.4. The van der Waals surface area contributed by atoms with Gasteiger partial charge >= 0.3 is 0 Å². The Morgan fingerprint density at radius 1 is 1.26 bits per heavy atom. The zero-order chi connectivity index (χ0) is 24.2. The number of aliphatic imine (C=N–C) groups is 1. The Kier molecular flexibility index (Phi) is 7.03. The highest BCUT2D eigenvalue weighted by Gasteiger charge is 2.28. The van der Waals surface area contributed by atoms with E-state index in [0.717, 1.165) is 25.7 Å². The van der Waals surface area contributed by atoms with Crippen LogP contribution in [0.25, 0.3) is 22.3 Å². The summed E-state index contributed by atoms with van der Waals surface area (Å²) in [4.78, 5) is 18.2. The van der Waals surface area contributed by atoms with E-state index in [4.69, 9.17) is 20.7 Å². The van der Waals surface area contributed by atoms with E-state index < -0.39 is 5.82 Å². The third kappa shape index (κ3) is 4.84. The molecule has 0 bridgehead atoms. The topological polar surface area (TPSA) is 124 Å². The number of aromatic nitrogens is 4. The first kappa shape index (κ1) is 23.6. The van der Waals surface area contributed by atoms with Gasteiger partial charge in [-0.25, -0.2) is 9.37 Å². The molecule has 9 nitrogen and oxygen atoms in total. The monoisotopic (exact) mass is 465 g/mol. The maximum absolute atomic E-state index is 14.7. The molecule has 1 aromatic carbocycles. The maximum Gasteiger partial charge on any atom is 0.245 e. The van der Waals surface area contributed by atoms with Gasteiger partial charge in [-0.3, -0.25) is 9.67 Å². The SMILES string of the molecule is CC(C)CN=C(ON)C1CCC(Oc2ncnc3c(-c4ccc(C#N)cc4F)n(C)nc23)CC1. The first-order chi connectivity index (χ1) is 16.4. The molecular formula is C24H28FN7O2. The minimum absolute atomic E-state index is 0.0458. The molecule has 2 aromatic heterocycles. The second-order valence-corrected chi connectivity index (χ2v) is 8.94. The molecule has 1 fully saturated rings. The molecule has 178 valence electrons. The molecule has 0 aliphatic heterocycles. The van der Waals surface area contributed by atoms with E-state index in [0.29, 0.717) is 46.5 Å². The van der Waals surface area contributed by atoms with Crippen molar-refractivity contribution in [2.75, 3.05) is 6.54 Å². The quantitative estimate of drug-likeness (QED) is 0.332. The van der Waals surface area contributed by atoms with Crippen molar-refractivity contribution in [2.45, 2.75) is 45.6 Å². The van der Waals surface area contributed by atoms with Gasteiger partial charge in [-0.1, -0.05) is 13.8 Å². The van der Waals surface area contributed by atoms with Gasteiger partial charge in [-0.05, 0) is 49.8 Å². The molecular weight excluding hydrogens is 437 g/mol. The number of aryl methyl sites for hydroxylation is 1. The Bertz CT molecular complexity index is 1240. The number of nitrogens with zero attached hydrogens (tertiary/aromatic N) is 6. The molecule has 0 atom stereocenters. The summed E-state index contributed by atoms with van der Waals surface area (Å²) in [6.45, 7) is 4.89. The van der Waals surface area contributed by atoms with Crippen molar-refractivity contribution in [3.05, 3.63) is 35.9 Å². The Labute approximate surface area is 197 Å². The summed E-state index contributed by atoms with van der Waals surface area (Å²) in [5.74, 6) is 6.54. The summed E-state index contributed by atoms with van der Waals surface area (Å²) in [5, 5.41) is 13.5. The van der Waals surface area contributed by atoms with Crippen molar-refractivity contribution in [2.24, 2.45) is 29.8 Å². The van der Waals surface area contributed by atoms with Crippen LogP contribution in [-0.2, 0) is 11.9 Å². The summed E-state index contributed by atoms with van der Waals surface area (Å²) < 4.78 is 22.5. The number of ether oxygens (including phenoxy) is 1. The van der Waals surface area contributed by atoms with E-state index in [2.05, 4.69) is 33.9 Å². The fourth-order valence-electron chi connectivity index (χ4n) is 4.26. The van der Waals surface area contributed by atoms with Gasteiger partial charge in [-0.2, -0.15) is 21.2 Å². The van der Waals surface area contributed by atoms with Gasteiger partial charge < -0.3 is 9.57 Å². The zero-order valence-corrected chi connectivity index (χ0v) is 19.5. The van der Waals surface area contributed by atoms with Crippen LogP contribution in [0.4, 0.5) is 4.39 Å². The van der Waals surface area contributed by atoms with Gasteiger partial charge in [-0.15, -0.1) is 0 Å². The van der Waals surface area contributed by atoms with E-state index in [1.807, 2.05) is 6.07 Å². The highest BCUT2D eigenvalue weighted by Crippen LogP contribution is 2.34. The highest BCUT2D eigenvalue weighted by atomic mass is 19.1. The minimum atomic E-state index is -0.514. The molecule has 3 aromatic rings. The summed E-state index contributed by atoms with van der Waals surface area (Å²) in [6.07, 6.45) is 4.63. The van der Waals surface area contributed by atoms with Crippen molar-refractivity contribution in [3.63, 3.8) is 0 Å². The summed E-state index contributed by atoms with van der Waals surface area (Å²) in [6, 6.07) is 6.27. The van der Waals surface area contributed by atoms with E-state index in [1.54, 1.807) is 23.9 Å². The standard InChI is InChI=1S/C24H28FN7O2/c1-14(2)12-28-23(34-27)16-5-7-17(8-6-16)33-24-21-20(29-13-30-24)22(32(3)31-21)18-9-4-15(11-26)10-19(18)25/h4,9-10,13-14,16-17H,5-8,12,27H2,1-3H3. The van der Waals surface area contributed by atoms with Crippen molar-refractivity contribution in [1.29, 1.82) is 5.26 Å². The van der Waals surface area contributed by atoms with Crippen LogP contribution in [0, 0.1) is 29.0 Å². The minimum Gasteiger partial charge on any atom is -0.473 e. The molecule has 10 heteroatoms. The molecule has 4 rings (SSSR count). The van der Waals surface area contributed by atoms with E-state index in [9.17, 15) is 4.39 Å². The average Bonchev–Trinajstić information content (AvgIpc) is 3.17. The van der Waals surface area contributed by atoms with Gasteiger partial charge in [0.1, 0.15) is 23.8 Å². The lowest BCUT2D eigenvalue weighted by atomic mass is 9.87. The lowest BCUT2D eigenvalue weighted by molar-refractivity contribution is 0.133. The summed E-state index contributed by atoms with van der Waals surface area (Å²) in [5.41, 5.74) is 2.02. The molecule has 0 spiro atoms. The van der Waals surface area contributed by atoms with Crippen LogP contribution in [0.5, 0.6) is 5.88 Å². The van der Waals surface area contributed by atoms with Gasteiger partial charge in [0.25, 0.3) is 0 Å². The number of hydrogen-bond donors (Lipinski definition) is 1. The third-order valence-electron chi connectivity index (χ3n) is 5.97. The van der Waals surface area contributed by atoms with Crippen molar-refractivity contribution >= 4 is 16.9 Å². The van der Waals surface area contributed by atoms with Crippen LogP contribution < -0.4 is 10.6 Å². The average molecular weight is 466 g/mol. The molecule has 34 heavy (non-hydrogen) atoms. The predicted octanol–water partition coefficient (Wildman–Crippen LogP) is 3.92. The largest absolute Gasteiger partial charge is 0.473 e. The molecule has 1 aliphatic rings. The molecule has 2 heterocycles. The summed E-state index contributed by atoms with van der Waals surface area (Å²) >= 11 is 0. The summed E-state index contributed by atoms with van der Waals surface area (Å²) in [7, 11) is 1.72.